The van der Waals surface area contributed by atoms with Crippen molar-refractivity contribution >= 4 is 5.90 Å². The number of H-pyrrole nitrogens is 1. The zero-order chi connectivity index (χ0) is 15.9. The second kappa shape index (κ2) is 4.99. The number of hydrogen-bond acceptors (Lipinski definition) is 4. The summed E-state index contributed by atoms with van der Waals surface area (Å²) in [5.41, 5.74) is 2.68. The predicted molar refractivity (Wildman–Crippen MR) is 83.0 cm³/mol. The normalized spacial score (nSPS) is 20.9. The third kappa shape index (κ3) is 2.17. The number of aromatic nitrogens is 2. The van der Waals surface area contributed by atoms with Crippen molar-refractivity contribution in [1.29, 1.82) is 10.7 Å². The summed E-state index contributed by atoms with van der Waals surface area (Å²) < 4.78 is 5.48. The molecular weight excluding hydrogens is 276 g/mol. The van der Waals surface area contributed by atoms with Crippen LogP contribution in [0.1, 0.15) is 43.5 Å². The fourth-order valence-corrected chi connectivity index (χ4v) is 2.91. The molecule has 0 amide bonds. The molecular formula is C17H18N4O. The van der Waals surface area contributed by atoms with E-state index in [1.807, 2.05) is 30.3 Å². The Labute approximate surface area is 129 Å². The first-order valence-electron chi connectivity index (χ1n) is 7.23. The van der Waals surface area contributed by atoms with Crippen molar-refractivity contribution in [2.24, 2.45) is 5.92 Å². The van der Waals surface area contributed by atoms with Crippen molar-refractivity contribution in [2.75, 3.05) is 0 Å². The van der Waals surface area contributed by atoms with Crippen molar-refractivity contribution in [3.05, 3.63) is 47.2 Å². The lowest BCUT2D eigenvalue weighted by Crippen LogP contribution is -2.32. The van der Waals surface area contributed by atoms with Crippen molar-refractivity contribution in [1.82, 2.24) is 10.2 Å². The summed E-state index contributed by atoms with van der Waals surface area (Å²) in [6.07, 6.45) is 0. The van der Waals surface area contributed by atoms with Gasteiger partial charge in [0.15, 0.2) is 0 Å². The lowest BCUT2D eigenvalue weighted by atomic mass is 9.76. The summed E-state index contributed by atoms with van der Waals surface area (Å²) in [6, 6.07) is 12.0. The van der Waals surface area contributed by atoms with Gasteiger partial charge >= 0.3 is 0 Å². The highest BCUT2D eigenvalue weighted by atomic mass is 16.5. The van der Waals surface area contributed by atoms with E-state index in [2.05, 4.69) is 37.0 Å². The summed E-state index contributed by atoms with van der Waals surface area (Å²) in [5, 5.41) is 24.8. The smallest absolute Gasteiger partial charge is 0.243 e. The number of nitrogens with one attached hydrogen (secondary N) is 2. The molecule has 2 unspecified atom stereocenters. The molecule has 1 aliphatic rings. The monoisotopic (exact) mass is 294 g/mol. The van der Waals surface area contributed by atoms with Crippen LogP contribution in [0.4, 0.5) is 0 Å². The highest BCUT2D eigenvalue weighted by molar-refractivity contribution is 5.84. The van der Waals surface area contributed by atoms with Gasteiger partial charge in [-0.1, -0.05) is 51.1 Å². The van der Waals surface area contributed by atoms with Gasteiger partial charge in [-0.15, -0.1) is 5.10 Å². The minimum Gasteiger partial charge on any atom is -0.422 e. The number of rotatable bonds is 1. The number of aromatic amines is 1. The molecule has 0 saturated heterocycles. The quantitative estimate of drug-likeness (QED) is 0.845. The van der Waals surface area contributed by atoms with E-state index in [9.17, 15) is 5.26 Å². The van der Waals surface area contributed by atoms with Crippen LogP contribution in [0.5, 0.6) is 5.88 Å². The third-order valence-corrected chi connectivity index (χ3v) is 3.95. The first kappa shape index (κ1) is 14.3. The highest BCUT2D eigenvalue weighted by Gasteiger charge is 2.42. The van der Waals surface area contributed by atoms with Crippen LogP contribution in [-0.2, 0) is 5.41 Å². The molecule has 1 aromatic heterocycles. The molecule has 5 nitrogen and oxygen atoms in total. The van der Waals surface area contributed by atoms with Crippen molar-refractivity contribution in [3.8, 4) is 11.9 Å². The van der Waals surface area contributed by atoms with Gasteiger partial charge in [-0.3, -0.25) is 10.5 Å². The average Bonchev–Trinajstić information content (AvgIpc) is 2.90. The van der Waals surface area contributed by atoms with E-state index >= 15 is 0 Å². The maximum Gasteiger partial charge on any atom is 0.243 e. The first-order chi connectivity index (χ1) is 10.4. The van der Waals surface area contributed by atoms with Crippen LogP contribution in [0.25, 0.3) is 0 Å². The SMILES string of the molecule is CC(C)(C)c1[nH]nc2c1C(c1ccccc1)C(C#N)C(=N)O2. The summed E-state index contributed by atoms with van der Waals surface area (Å²) in [4.78, 5) is 0. The Morgan fingerprint density at radius 2 is 1.95 bits per heavy atom. The average molecular weight is 294 g/mol. The number of ether oxygens (including phenoxy) is 1. The standard InChI is InChI=1S/C17H18N4O/c1-17(2,3)14-13-12(10-7-5-4-6-8-10)11(9-18)15(19)22-16(13)21-20-14/h4-8,11-12,19H,1-3H3,(H,20,21). The van der Waals surface area contributed by atoms with Crippen LogP contribution >= 0.6 is 0 Å². The minimum atomic E-state index is -0.645. The van der Waals surface area contributed by atoms with Gasteiger partial charge in [-0.25, -0.2) is 0 Å². The molecule has 0 fully saturated rings. The zero-order valence-electron chi connectivity index (χ0n) is 12.8. The van der Waals surface area contributed by atoms with E-state index in [4.69, 9.17) is 10.1 Å². The number of nitrogens with zero attached hydrogens (tertiary/aromatic N) is 2. The van der Waals surface area contributed by atoms with Gasteiger partial charge in [0.25, 0.3) is 0 Å². The van der Waals surface area contributed by atoms with Crippen LogP contribution in [0.15, 0.2) is 30.3 Å². The Morgan fingerprint density at radius 3 is 2.55 bits per heavy atom. The number of benzene rings is 1. The van der Waals surface area contributed by atoms with Crippen LogP contribution in [0.2, 0.25) is 0 Å². The highest BCUT2D eigenvalue weighted by Crippen LogP contribution is 2.45. The number of nitriles is 1. The van der Waals surface area contributed by atoms with E-state index in [-0.39, 0.29) is 17.2 Å². The second-order valence-electron chi connectivity index (χ2n) is 6.53. The maximum atomic E-state index is 9.55. The Bertz CT molecular complexity index is 749. The van der Waals surface area contributed by atoms with Gasteiger partial charge in [0.1, 0.15) is 5.92 Å². The maximum absolute atomic E-state index is 9.55. The Morgan fingerprint density at radius 1 is 1.27 bits per heavy atom. The summed E-state index contributed by atoms with van der Waals surface area (Å²) in [5.74, 6) is -0.518. The van der Waals surface area contributed by atoms with Gasteiger partial charge in [0, 0.05) is 22.6 Å². The molecule has 2 atom stereocenters. The lowest BCUT2D eigenvalue weighted by molar-refractivity contribution is 0.433. The van der Waals surface area contributed by atoms with Crippen molar-refractivity contribution in [2.45, 2.75) is 32.1 Å². The molecule has 2 heterocycles. The first-order valence-corrected chi connectivity index (χ1v) is 7.23. The molecule has 2 aromatic rings. The fourth-order valence-electron chi connectivity index (χ4n) is 2.91. The van der Waals surface area contributed by atoms with E-state index in [0.717, 1.165) is 16.8 Å². The largest absolute Gasteiger partial charge is 0.422 e. The van der Waals surface area contributed by atoms with Gasteiger partial charge in [-0.05, 0) is 5.56 Å². The number of fused-ring (bicyclic) bond motifs is 1. The molecule has 3 rings (SSSR count). The Kier molecular flexibility index (Phi) is 3.25. The van der Waals surface area contributed by atoms with E-state index in [1.54, 1.807) is 0 Å². The van der Waals surface area contributed by atoms with Crippen LogP contribution in [-0.4, -0.2) is 16.1 Å². The molecule has 2 N–H and O–H groups in total. The topological polar surface area (TPSA) is 85.5 Å². The molecule has 0 radical (unpaired) electrons. The van der Waals surface area contributed by atoms with E-state index < -0.39 is 5.92 Å². The van der Waals surface area contributed by atoms with Crippen LogP contribution < -0.4 is 4.74 Å². The van der Waals surface area contributed by atoms with Crippen LogP contribution in [0, 0.1) is 22.7 Å². The fraction of sp³-hybridized carbons (Fsp3) is 0.353. The summed E-state index contributed by atoms with van der Waals surface area (Å²) in [7, 11) is 0. The second-order valence-corrected chi connectivity index (χ2v) is 6.53. The third-order valence-electron chi connectivity index (χ3n) is 3.95. The van der Waals surface area contributed by atoms with Gasteiger partial charge in [0.05, 0.1) is 6.07 Å². The van der Waals surface area contributed by atoms with E-state index in [0.29, 0.717) is 5.88 Å². The van der Waals surface area contributed by atoms with Crippen LogP contribution in [0.3, 0.4) is 0 Å². The minimum absolute atomic E-state index is 0.0455. The summed E-state index contributed by atoms with van der Waals surface area (Å²) in [6.45, 7) is 6.26. The summed E-state index contributed by atoms with van der Waals surface area (Å²) >= 11 is 0. The van der Waals surface area contributed by atoms with Gasteiger partial charge in [-0.2, -0.15) is 5.26 Å². The Balaban J connectivity index is 2.25. The predicted octanol–water partition coefficient (Wildman–Crippen LogP) is 3.35. The van der Waals surface area contributed by atoms with Crippen molar-refractivity contribution < 1.29 is 4.74 Å². The van der Waals surface area contributed by atoms with Gasteiger partial charge < -0.3 is 4.74 Å². The van der Waals surface area contributed by atoms with Crippen molar-refractivity contribution in [3.63, 3.8) is 0 Å². The molecule has 0 spiro atoms. The zero-order valence-corrected chi connectivity index (χ0v) is 12.8. The van der Waals surface area contributed by atoms with Gasteiger partial charge in [0.2, 0.25) is 11.8 Å². The lowest BCUT2D eigenvalue weighted by Gasteiger charge is -2.30. The number of hydrogen-bond donors (Lipinski definition) is 2. The Hall–Kier alpha value is -2.61. The molecule has 1 aromatic carbocycles. The molecule has 0 aliphatic carbocycles. The molecule has 112 valence electrons. The molecule has 1 aliphatic heterocycles. The molecule has 22 heavy (non-hydrogen) atoms. The molecule has 0 saturated carbocycles. The van der Waals surface area contributed by atoms with E-state index in [1.165, 1.54) is 0 Å². The molecule has 5 heteroatoms. The molecule has 0 bridgehead atoms.